The predicted octanol–water partition coefficient (Wildman–Crippen LogP) is 1.92. The fourth-order valence-electron chi connectivity index (χ4n) is 3.20. The van der Waals surface area contributed by atoms with Gasteiger partial charge in [0.15, 0.2) is 6.29 Å². The number of hydrogen-bond donors (Lipinski definition) is 0. The Hall–Kier alpha value is -3.06. The van der Waals surface area contributed by atoms with Crippen molar-refractivity contribution in [2.75, 3.05) is 26.3 Å². The minimum absolute atomic E-state index is 0.0274. The van der Waals surface area contributed by atoms with Crippen LogP contribution in [0.2, 0.25) is 0 Å². The largest absolute Gasteiger partial charge is 0.378 e. The van der Waals surface area contributed by atoms with E-state index < -0.39 is 0 Å². The van der Waals surface area contributed by atoms with E-state index >= 15 is 0 Å². The molecule has 0 spiro atoms. The summed E-state index contributed by atoms with van der Waals surface area (Å²) in [5, 5.41) is 0.795. The van der Waals surface area contributed by atoms with Gasteiger partial charge in [0.25, 0.3) is 5.91 Å². The molecule has 1 aliphatic heterocycles. The van der Waals surface area contributed by atoms with Gasteiger partial charge < -0.3 is 14.2 Å². The van der Waals surface area contributed by atoms with Crippen LogP contribution in [0.25, 0.3) is 22.3 Å². The molecule has 3 heterocycles. The number of benzene rings is 1. The Bertz CT molecular complexity index is 990. The number of pyridine rings is 1. The molecule has 2 aromatic heterocycles. The molecule has 0 atom stereocenters. The molecule has 1 amide bonds. The van der Waals surface area contributed by atoms with Gasteiger partial charge >= 0.3 is 0 Å². The average molecular weight is 350 g/mol. The third-order valence-electron chi connectivity index (χ3n) is 4.56. The topological polar surface area (TPSA) is 77.3 Å². The summed E-state index contributed by atoms with van der Waals surface area (Å²) in [6.45, 7) is 2.29. The Morgan fingerprint density at radius 2 is 2.04 bits per heavy atom. The smallest absolute Gasteiger partial charge is 0.254 e. The molecule has 7 heteroatoms. The Morgan fingerprint density at radius 3 is 2.73 bits per heavy atom. The second-order valence-corrected chi connectivity index (χ2v) is 6.21. The number of ether oxygens (including phenoxy) is 1. The normalized spacial score (nSPS) is 14.6. The lowest BCUT2D eigenvalue weighted by Gasteiger charge is -2.27. The molecule has 0 aliphatic carbocycles. The standard InChI is InChI=1S/C19H18N4O3/c1-22-5-4-20-18(22)16-11-14(12-24)21-17-3-2-13(10-15(16)17)19(25)23-6-8-26-9-7-23/h2-5,10-12H,6-9H2,1H3. The van der Waals surface area contributed by atoms with Crippen LogP contribution in [0.5, 0.6) is 0 Å². The highest BCUT2D eigenvalue weighted by Crippen LogP contribution is 2.28. The summed E-state index contributed by atoms with van der Waals surface area (Å²) >= 11 is 0. The number of morpholine rings is 1. The van der Waals surface area contributed by atoms with Crippen molar-refractivity contribution >= 4 is 23.1 Å². The van der Waals surface area contributed by atoms with E-state index in [2.05, 4.69) is 9.97 Å². The molecule has 1 fully saturated rings. The number of carbonyl (C=O) groups excluding carboxylic acids is 2. The van der Waals surface area contributed by atoms with Crippen molar-refractivity contribution in [2.24, 2.45) is 7.05 Å². The summed E-state index contributed by atoms with van der Waals surface area (Å²) in [5.74, 6) is 0.692. The minimum Gasteiger partial charge on any atom is -0.378 e. The molecule has 0 saturated carbocycles. The number of hydrogen-bond acceptors (Lipinski definition) is 5. The SMILES string of the molecule is Cn1ccnc1-c1cc(C=O)nc2ccc(C(=O)N3CCOCC3)cc12. The zero-order valence-corrected chi connectivity index (χ0v) is 14.4. The van der Waals surface area contributed by atoms with Gasteiger partial charge in [-0.2, -0.15) is 0 Å². The number of aromatic nitrogens is 3. The fraction of sp³-hybridized carbons (Fsp3) is 0.263. The van der Waals surface area contributed by atoms with Gasteiger partial charge in [-0.1, -0.05) is 0 Å². The highest BCUT2D eigenvalue weighted by Gasteiger charge is 2.20. The molecule has 1 aliphatic rings. The van der Waals surface area contributed by atoms with Crippen molar-refractivity contribution in [1.29, 1.82) is 0 Å². The van der Waals surface area contributed by atoms with Gasteiger partial charge in [0.05, 0.1) is 18.7 Å². The molecule has 132 valence electrons. The molecule has 4 rings (SSSR count). The Kier molecular flexibility index (Phi) is 4.22. The maximum atomic E-state index is 12.8. The van der Waals surface area contributed by atoms with Crippen molar-refractivity contribution in [1.82, 2.24) is 19.4 Å². The van der Waals surface area contributed by atoms with Gasteiger partial charge in [-0.25, -0.2) is 9.97 Å². The van der Waals surface area contributed by atoms with E-state index in [0.29, 0.717) is 43.1 Å². The third kappa shape index (κ3) is 2.86. The number of amides is 1. The quantitative estimate of drug-likeness (QED) is 0.675. The van der Waals surface area contributed by atoms with Crippen molar-refractivity contribution in [3.63, 3.8) is 0 Å². The molecular weight excluding hydrogens is 332 g/mol. The van der Waals surface area contributed by atoms with E-state index in [1.807, 2.05) is 23.9 Å². The van der Waals surface area contributed by atoms with Gasteiger partial charge in [-0.3, -0.25) is 9.59 Å². The third-order valence-corrected chi connectivity index (χ3v) is 4.56. The summed E-state index contributed by atoms with van der Waals surface area (Å²) in [5.41, 5.74) is 2.37. The van der Waals surface area contributed by atoms with Crippen LogP contribution < -0.4 is 0 Å². The fourth-order valence-corrected chi connectivity index (χ4v) is 3.20. The number of nitrogens with zero attached hydrogens (tertiary/aromatic N) is 4. The summed E-state index contributed by atoms with van der Waals surface area (Å²) in [4.78, 5) is 34.6. The van der Waals surface area contributed by atoms with E-state index in [-0.39, 0.29) is 5.91 Å². The van der Waals surface area contributed by atoms with Crippen molar-refractivity contribution in [3.8, 4) is 11.4 Å². The minimum atomic E-state index is -0.0274. The Labute approximate surface area is 150 Å². The molecule has 1 saturated heterocycles. The van der Waals surface area contributed by atoms with Crippen molar-refractivity contribution < 1.29 is 14.3 Å². The summed E-state index contributed by atoms with van der Waals surface area (Å²) < 4.78 is 7.19. The van der Waals surface area contributed by atoms with E-state index in [4.69, 9.17) is 4.74 Å². The first-order valence-electron chi connectivity index (χ1n) is 8.42. The predicted molar refractivity (Wildman–Crippen MR) is 96.1 cm³/mol. The summed E-state index contributed by atoms with van der Waals surface area (Å²) in [6, 6.07) is 7.08. The van der Waals surface area contributed by atoms with Crippen molar-refractivity contribution in [3.05, 3.63) is 47.9 Å². The first kappa shape index (κ1) is 16.4. The highest BCUT2D eigenvalue weighted by atomic mass is 16.5. The van der Waals surface area contributed by atoms with Crippen LogP contribution in [-0.4, -0.2) is 57.9 Å². The maximum absolute atomic E-state index is 12.8. The second kappa shape index (κ2) is 6.68. The van der Waals surface area contributed by atoms with Crippen LogP contribution in [0.4, 0.5) is 0 Å². The molecular formula is C19H18N4O3. The molecule has 1 aromatic carbocycles. The van der Waals surface area contributed by atoms with E-state index in [1.165, 1.54) is 0 Å². The van der Waals surface area contributed by atoms with Gasteiger partial charge in [-0.15, -0.1) is 0 Å². The number of aldehydes is 1. The molecule has 0 unspecified atom stereocenters. The van der Waals surface area contributed by atoms with Crippen molar-refractivity contribution in [2.45, 2.75) is 0 Å². The zero-order valence-electron chi connectivity index (χ0n) is 14.4. The number of fused-ring (bicyclic) bond motifs is 1. The lowest BCUT2D eigenvalue weighted by molar-refractivity contribution is 0.0303. The molecule has 0 bridgehead atoms. The number of carbonyl (C=O) groups is 2. The Balaban J connectivity index is 1.85. The van der Waals surface area contributed by atoms with Crippen LogP contribution in [0, 0.1) is 0 Å². The monoisotopic (exact) mass is 350 g/mol. The lowest BCUT2D eigenvalue weighted by atomic mass is 10.0. The first-order valence-corrected chi connectivity index (χ1v) is 8.42. The summed E-state index contributed by atoms with van der Waals surface area (Å²) in [7, 11) is 1.89. The van der Waals surface area contributed by atoms with Gasteiger partial charge in [0, 0.05) is 49.0 Å². The van der Waals surface area contributed by atoms with E-state index in [1.54, 1.807) is 29.3 Å². The highest BCUT2D eigenvalue weighted by molar-refractivity contribution is 6.02. The number of rotatable bonds is 3. The molecule has 26 heavy (non-hydrogen) atoms. The van der Waals surface area contributed by atoms with Crippen LogP contribution in [-0.2, 0) is 11.8 Å². The zero-order chi connectivity index (χ0) is 18.1. The van der Waals surface area contributed by atoms with Gasteiger partial charge in [-0.05, 0) is 24.3 Å². The summed E-state index contributed by atoms with van der Waals surface area (Å²) in [6.07, 6.45) is 4.26. The maximum Gasteiger partial charge on any atom is 0.254 e. The number of imidazole rings is 1. The van der Waals surface area contributed by atoms with Crippen LogP contribution in [0.1, 0.15) is 20.8 Å². The molecule has 3 aromatic rings. The number of aryl methyl sites for hydroxylation is 1. The Morgan fingerprint density at radius 1 is 1.23 bits per heavy atom. The molecule has 0 radical (unpaired) electrons. The lowest BCUT2D eigenvalue weighted by Crippen LogP contribution is -2.40. The molecule has 0 N–H and O–H groups in total. The van der Waals surface area contributed by atoms with Crippen LogP contribution in [0.3, 0.4) is 0 Å². The molecule has 7 nitrogen and oxygen atoms in total. The van der Waals surface area contributed by atoms with Crippen LogP contribution >= 0.6 is 0 Å². The van der Waals surface area contributed by atoms with E-state index in [9.17, 15) is 9.59 Å². The second-order valence-electron chi connectivity index (χ2n) is 6.21. The average Bonchev–Trinajstić information content (AvgIpc) is 3.12. The van der Waals surface area contributed by atoms with Gasteiger partial charge in [0.1, 0.15) is 11.5 Å². The first-order chi connectivity index (χ1) is 12.7. The van der Waals surface area contributed by atoms with Gasteiger partial charge in [0.2, 0.25) is 0 Å². The van der Waals surface area contributed by atoms with Crippen LogP contribution in [0.15, 0.2) is 36.7 Å². The van der Waals surface area contributed by atoms with E-state index in [0.717, 1.165) is 23.1 Å².